The molecule has 0 saturated heterocycles. The zero-order chi connectivity index (χ0) is 22.4. The van der Waals surface area contributed by atoms with Crippen molar-refractivity contribution < 1.29 is 9.53 Å². The van der Waals surface area contributed by atoms with E-state index in [4.69, 9.17) is 16.3 Å². The summed E-state index contributed by atoms with van der Waals surface area (Å²) in [4.78, 5) is 12.5. The number of aromatic nitrogens is 3. The first-order chi connectivity index (χ1) is 14.9. The van der Waals surface area contributed by atoms with Crippen molar-refractivity contribution in [1.29, 1.82) is 0 Å². The molecule has 1 aromatic heterocycles. The highest BCUT2D eigenvalue weighted by molar-refractivity contribution is 7.99. The third-order valence-electron chi connectivity index (χ3n) is 4.77. The second kappa shape index (κ2) is 10.5. The normalized spacial score (nSPS) is 11.7. The molecule has 0 aliphatic carbocycles. The van der Waals surface area contributed by atoms with Crippen LogP contribution in [0.15, 0.2) is 60.3 Å². The molecule has 2 aromatic carbocycles. The van der Waals surface area contributed by atoms with Crippen molar-refractivity contribution in [2.24, 2.45) is 0 Å². The summed E-state index contributed by atoms with van der Waals surface area (Å²) >= 11 is 7.52. The maximum Gasteiger partial charge on any atom is 0.234 e. The third-order valence-corrected chi connectivity index (χ3v) is 6.05. The summed E-state index contributed by atoms with van der Waals surface area (Å²) in [6.07, 6.45) is 1.38. The minimum atomic E-state index is -0.384. The number of carbonyl (C=O) groups excluding carboxylic acids is 1. The van der Waals surface area contributed by atoms with Gasteiger partial charge in [0.1, 0.15) is 5.75 Å². The van der Waals surface area contributed by atoms with Crippen LogP contribution in [0.5, 0.6) is 5.75 Å². The molecule has 1 heterocycles. The SMILES string of the molecule is C=CCn1c(SCC(=O)Nc2cccc(C)c2C)nnc1C(C)Oc1ccccc1Cl. The first kappa shape index (κ1) is 22.9. The highest BCUT2D eigenvalue weighted by Crippen LogP contribution is 2.29. The van der Waals surface area contributed by atoms with Gasteiger partial charge < -0.3 is 10.1 Å². The van der Waals surface area contributed by atoms with Gasteiger partial charge in [-0.15, -0.1) is 16.8 Å². The molecule has 1 unspecified atom stereocenters. The molecule has 0 aliphatic heterocycles. The van der Waals surface area contributed by atoms with Gasteiger partial charge in [-0.25, -0.2) is 0 Å². The number of thioether (sulfide) groups is 1. The zero-order valence-electron chi connectivity index (χ0n) is 17.8. The average Bonchev–Trinajstić information content (AvgIpc) is 3.14. The largest absolute Gasteiger partial charge is 0.481 e. The van der Waals surface area contributed by atoms with E-state index >= 15 is 0 Å². The van der Waals surface area contributed by atoms with E-state index in [1.165, 1.54) is 11.8 Å². The third kappa shape index (κ3) is 5.68. The number of nitrogens with zero attached hydrogens (tertiary/aromatic N) is 3. The molecule has 1 atom stereocenters. The van der Waals surface area contributed by atoms with Gasteiger partial charge in [-0.3, -0.25) is 9.36 Å². The zero-order valence-corrected chi connectivity index (χ0v) is 19.3. The van der Waals surface area contributed by atoms with Crippen molar-refractivity contribution in [2.75, 3.05) is 11.1 Å². The predicted molar refractivity (Wildman–Crippen MR) is 126 cm³/mol. The number of ether oxygens (including phenoxy) is 1. The number of carbonyl (C=O) groups is 1. The number of amides is 1. The molecule has 0 saturated carbocycles. The monoisotopic (exact) mass is 456 g/mol. The van der Waals surface area contributed by atoms with Crippen LogP contribution in [0, 0.1) is 13.8 Å². The van der Waals surface area contributed by atoms with Crippen LogP contribution in [0.25, 0.3) is 0 Å². The standard InChI is InChI=1S/C23H25ClN4O2S/c1-5-13-28-22(17(4)30-20-12-7-6-10-18(20)24)26-27-23(28)31-14-21(29)25-19-11-8-9-15(2)16(19)3/h5-12,17H,1,13-14H2,2-4H3,(H,25,29). The van der Waals surface area contributed by atoms with E-state index in [0.29, 0.717) is 28.3 Å². The summed E-state index contributed by atoms with van der Waals surface area (Å²) in [5.41, 5.74) is 3.01. The number of halogens is 1. The van der Waals surface area contributed by atoms with E-state index in [1.54, 1.807) is 18.2 Å². The molecule has 0 radical (unpaired) electrons. The molecule has 0 bridgehead atoms. The van der Waals surface area contributed by atoms with Crippen molar-refractivity contribution in [1.82, 2.24) is 14.8 Å². The topological polar surface area (TPSA) is 69.0 Å². The van der Waals surface area contributed by atoms with Crippen molar-refractivity contribution in [3.8, 4) is 5.75 Å². The Morgan fingerprint density at radius 3 is 2.77 bits per heavy atom. The summed E-state index contributed by atoms with van der Waals surface area (Å²) in [5.74, 6) is 1.32. The van der Waals surface area contributed by atoms with E-state index in [9.17, 15) is 4.79 Å². The van der Waals surface area contributed by atoms with Crippen LogP contribution in [-0.2, 0) is 11.3 Å². The summed E-state index contributed by atoms with van der Waals surface area (Å²) < 4.78 is 7.88. The minimum absolute atomic E-state index is 0.103. The maximum absolute atomic E-state index is 12.5. The Bertz CT molecular complexity index is 1080. The quantitative estimate of drug-likeness (QED) is 0.335. The van der Waals surface area contributed by atoms with Gasteiger partial charge in [-0.2, -0.15) is 0 Å². The first-order valence-corrected chi connectivity index (χ1v) is 11.2. The van der Waals surface area contributed by atoms with Crippen LogP contribution in [0.1, 0.15) is 30.0 Å². The second-order valence-corrected chi connectivity index (χ2v) is 8.36. The Kier molecular flexibility index (Phi) is 7.76. The van der Waals surface area contributed by atoms with E-state index < -0.39 is 0 Å². The lowest BCUT2D eigenvalue weighted by Crippen LogP contribution is -2.16. The number of hydrogen-bond donors (Lipinski definition) is 1. The van der Waals surface area contributed by atoms with E-state index in [2.05, 4.69) is 22.1 Å². The molecule has 0 aliphatic rings. The summed E-state index contributed by atoms with van der Waals surface area (Å²) in [7, 11) is 0. The molecule has 0 spiro atoms. The number of aryl methyl sites for hydroxylation is 1. The van der Waals surface area contributed by atoms with Crippen molar-refractivity contribution in [2.45, 2.75) is 38.6 Å². The molecule has 3 aromatic rings. The summed E-state index contributed by atoms with van der Waals surface area (Å²) in [6, 6.07) is 13.1. The number of allylic oxidation sites excluding steroid dienone is 1. The van der Waals surface area contributed by atoms with Gasteiger partial charge in [0.15, 0.2) is 17.1 Å². The number of para-hydroxylation sites is 1. The molecule has 1 N–H and O–H groups in total. The van der Waals surface area contributed by atoms with E-state index in [0.717, 1.165) is 16.8 Å². The Balaban J connectivity index is 1.69. The van der Waals surface area contributed by atoms with Crippen LogP contribution in [0.2, 0.25) is 5.02 Å². The van der Waals surface area contributed by atoms with Gasteiger partial charge in [0.2, 0.25) is 5.91 Å². The lowest BCUT2D eigenvalue weighted by Gasteiger charge is -2.16. The predicted octanol–water partition coefficient (Wildman–Crippen LogP) is 5.61. The average molecular weight is 457 g/mol. The molecule has 0 fully saturated rings. The number of rotatable bonds is 9. The van der Waals surface area contributed by atoms with E-state index in [-0.39, 0.29) is 17.8 Å². The van der Waals surface area contributed by atoms with Crippen LogP contribution in [-0.4, -0.2) is 26.4 Å². The van der Waals surface area contributed by atoms with Gasteiger partial charge in [0, 0.05) is 12.2 Å². The minimum Gasteiger partial charge on any atom is -0.481 e. The fraction of sp³-hybridized carbons (Fsp3) is 0.261. The number of nitrogens with one attached hydrogen (secondary N) is 1. The van der Waals surface area contributed by atoms with Gasteiger partial charge in [0.25, 0.3) is 0 Å². The summed E-state index contributed by atoms with van der Waals surface area (Å²) in [5, 5.41) is 12.7. The Hall–Kier alpha value is -2.77. The van der Waals surface area contributed by atoms with Crippen LogP contribution in [0.3, 0.4) is 0 Å². The molecular weight excluding hydrogens is 432 g/mol. The van der Waals surface area contributed by atoms with Crippen molar-refractivity contribution in [3.05, 3.63) is 77.1 Å². The van der Waals surface area contributed by atoms with Gasteiger partial charge in [-0.05, 0) is 50.1 Å². The van der Waals surface area contributed by atoms with E-state index in [1.807, 2.05) is 55.7 Å². The smallest absolute Gasteiger partial charge is 0.234 e. The fourth-order valence-corrected chi connectivity index (χ4v) is 3.93. The lowest BCUT2D eigenvalue weighted by atomic mass is 10.1. The molecule has 1 amide bonds. The highest BCUT2D eigenvalue weighted by Gasteiger charge is 2.20. The molecule has 3 rings (SSSR count). The van der Waals surface area contributed by atoms with Crippen LogP contribution < -0.4 is 10.1 Å². The highest BCUT2D eigenvalue weighted by atomic mass is 35.5. The Morgan fingerprint density at radius 2 is 2.03 bits per heavy atom. The van der Waals surface area contributed by atoms with Crippen molar-refractivity contribution in [3.63, 3.8) is 0 Å². The maximum atomic E-state index is 12.5. The van der Waals surface area contributed by atoms with Crippen molar-refractivity contribution >= 4 is 35.0 Å². The fourth-order valence-electron chi connectivity index (χ4n) is 2.99. The van der Waals surface area contributed by atoms with Gasteiger partial charge >= 0.3 is 0 Å². The Labute approximate surface area is 191 Å². The second-order valence-electron chi connectivity index (χ2n) is 7.01. The molecule has 8 heteroatoms. The van der Waals surface area contributed by atoms with Crippen LogP contribution in [0.4, 0.5) is 5.69 Å². The first-order valence-electron chi connectivity index (χ1n) is 9.84. The Morgan fingerprint density at radius 1 is 1.26 bits per heavy atom. The van der Waals surface area contributed by atoms with Crippen LogP contribution >= 0.6 is 23.4 Å². The van der Waals surface area contributed by atoms with Gasteiger partial charge in [0.05, 0.1) is 10.8 Å². The molecule has 162 valence electrons. The number of benzene rings is 2. The lowest BCUT2D eigenvalue weighted by molar-refractivity contribution is -0.113. The molecule has 6 nitrogen and oxygen atoms in total. The number of hydrogen-bond acceptors (Lipinski definition) is 5. The van der Waals surface area contributed by atoms with Gasteiger partial charge in [-0.1, -0.05) is 53.7 Å². The molecule has 31 heavy (non-hydrogen) atoms. The number of anilines is 1. The summed E-state index contributed by atoms with van der Waals surface area (Å²) in [6.45, 7) is 10.2. The molecular formula is C23H25ClN4O2S.